The molecule has 5 rings (SSSR count). The number of H-pyrrole nitrogens is 1. The molecule has 1 aliphatic rings. The number of nitrogens with one attached hydrogen (secondary N) is 2. The molecule has 0 aliphatic carbocycles. The lowest BCUT2D eigenvalue weighted by atomic mass is 9.86. The van der Waals surface area contributed by atoms with Gasteiger partial charge in [0.2, 0.25) is 0 Å². The predicted molar refractivity (Wildman–Crippen MR) is 156 cm³/mol. The summed E-state index contributed by atoms with van der Waals surface area (Å²) in [5, 5.41) is 4.84. The summed E-state index contributed by atoms with van der Waals surface area (Å²) in [6, 6.07) is 18.7. The molecule has 2 amide bonds. The summed E-state index contributed by atoms with van der Waals surface area (Å²) >= 11 is 0. The topological polar surface area (TPSA) is 139 Å². The number of amides is 2. The molecule has 0 spiro atoms. The molecule has 41 heavy (non-hydrogen) atoms. The van der Waals surface area contributed by atoms with Crippen LogP contribution in [-0.4, -0.2) is 51.2 Å². The molecule has 1 fully saturated rings. The van der Waals surface area contributed by atoms with E-state index in [0.717, 1.165) is 27.4 Å². The number of benzene rings is 2. The van der Waals surface area contributed by atoms with Gasteiger partial charge in [-0.05, 0) is 57.4 Å². The molecule has 4 N–H and O–H groups in total. The number of anilines is 2. The molecule has 0 radical (unpaired) electrons. The molecular formula is C30H35N7O4. The van der Waals surface area contributed by atoms with Gasteiger partial charge in [0.25, 0.3) is 5.91 Å². The zero-order valence-electron chi connectivity index (χ0n) is 23.5. The molecule has 3 heterocycles. The minimum absolute atomic E-state index is 0.279. The van der Waals surface area contributed by atoms with Crippen molar-refractivity contribution in [2.45, 2.75) is 51.4 Å². The van der Waals surface area contributed by atoms with Crippen molar-refractivity contribution in [3.05, 3.63) is 78.8 Å². The van der Waals surface area contributed by atoms with Crippen molar-refractivity contribution in [3.8, 4) is 5.75 Å². The second kappa shape index (κ2) is 11.5. The molecule has 0 unspecified atom stereocenters. The quantitative estimate of drug-likeness (QED) is 0.174. The van der Waals surface area contributed by atoms with Gasteiger partial charge >= 0.3 is 6.09 Å². The number of rotatable bonds is 7. The number of hydrogen-bond acceptors (Lipinski definition) is 8. The van der Waals surface area contributed by atoms with Gasteiger partial charge in [0, 0.05) is 19.3 Å². The van der Waals surface area contributed by atoms with Crippen LogP contribution in [0.15, 0.2) is 73.2 Å². The van der Waals surface area contributed by atoms with E-state index in [-0.39, 0.29) is 12.8 Å². The van der Waals surface area contributed by atoms with Crippen molar-refractivity contribution in [3.63, 3.8) is 0 Å². The standard InChI is InChI=1S/C30H35N7O4/c1-29(2,3)41-28(39)35-30(14-17-36(18-15-30)26-22-13-16-32-25(22)33-20-34-26)27(38)37(31)23-11-7-8-12-24(23)40-19-21-9-5-4-6-10-21/h4-13,16,20H,14-15,17-19,31H2,1-3H3,(H,35,39)(H,32,33,34). The highest BCUT2D eigenvalue weighted by Gasteiger charge is 2.46. The molecule has 11 heteroatoms. The number of para-hydroxylation sites is 2. The number of nitrogens with zero attached hydrogens (tertiary/aromatic N) is 4. The summed E-state index contributed by atoms with van der Waals surface area (Å²) in [6.45, 7) is 6.52. The van der Waals surface area contributed by atoms with Gasteiger partial charge in [-0.1, -0.05) is 42.5 Å². The van der Waals surface area contributed by atoms with Crippen molar-refractivity contribution in [2.24, 2.45) is 5.84 Å². The lowest BCUT2D eigenvalue weighted by molar-refractivity contribution is -0.126. The highest BCUT2D eigenvalue weighted by Crippen LogP contribution is 2.34. The van der Waals surface area contributed by atoms with Crippen LogP contribution in [0.3, 0.4) is 0 Å². The Labute approximate surface area is 238 Å². The van der Waals surface area contributed by atoms with E-state index in [1.807, 2.05) is 48.7 Å². The maximum Gasteiger partial charge on any atom is 0.408 e. The number of aromatic amines is 1. The summed E-state index contributed by atoms with van der Waals surface area (Å²) in [5.41, 5.74) is 0.0515. The third-order valence-electron chi connectivity index (χ3n) is 6.98. The minimum Gasteiger partial charge on any atom is -0.487 e. The van der Waals surface area contributed by atoms with E-state index in [2.05, 4.69) is 25.2 Å². The van der Waals surface area contributed by atoms with Gasteiger partial charge < -0.3 is 24.7 Å². The van der Waals surface area contributed by atoms with Crippen molar-refractivity contribution >= 4 is 34.5 Å². The normalized spacial score (nSPS) is 14.9. The number of alkyl carbamates (subject to hydrolysis) is 1. The van der Waals surface area contributed by atoms with Crippen LogP contribution < -0.4 is 25.8 Å². The van der Waals surface area contributed by atoms with Crippen LogP contribution >= 0.6 is 0 Å². The van der Waals surface area contributed by atoms with E-state index < -0.39 is 23.1 Å². The third-order valence-corrected chi connectivity index (χ3v) is 6.98. The Hall–Kier alpha value is -4.64. The fraction of sp³-hybridized carbons (Fsp3) is 0.333. The van der Waals surface area contributed by atoms with Gasteiger partial charge in [-0.3, -0.25) is 4.79 Å². The van der Waals surface area contributed by atoms with Crippen molar-refractivity contribution in [2.75, 3.05) is 23.0 Å². The molecule has 214 valence electrons. The molecule has 1 saturated heterocycles. The van der Waals surface area contributed by atoms with Crippen LogP contribution in [0, 0.1) is 0 Å². The van der Waals surface area contributed by atoms with Gasteiger partial charge in [0.1, 0.15) is 47.0 Å². The first-order chi connectivity index (χ1) is 19.7. The van der Waals surface area contributed by atoms with E-state index in [1.54, 1.807) is 39.0 Å². The third kappa shape index (κ3) is 6.25. The first-order valence-corrected chi connectivity index (χ1v) is 13.5. The van der Waals surface area contributed by atoms with Crippen LogP contribution in [0.5, 0.6) is 5.75 Å². The number of carbonyl (C=O) groups excluding carboxylic acids is 2. The van der Waals surface area contributed by atoms with E-state index >= 15 is 0 Å². The maximum atomic E-state index is 14.2. The summed E-state index contributed by atoms with van der Waals surface area (Å²) in [4.78, 5) is 41.1. The Morgan fingerprint density at radius 1 is 1.05 bits per heavy atom. The van der Waals surface area contributed by atoms with Crippen molar-refractivity contribution in [1.29, 1.82) is 0 Å². The highest BCUT2D eigenvalue weighted by molar-refractivity contribution is 6.02. The molecule has 11 nitrogen and oxygen atoms in total. The second-order valence-electron chi connectivity index (χ2n) is 11.1. The summed E-state index contributed by atoms with van der Waals surface area (Å²) < 4.78 is 11.6. The zero-order chi connectivity index (χ0) is 29.0. The Kier molecular flexibility index (Phi) is 7.80. The summed E-state index contributed by atoms with van der Waals surface area (Å²) in [6.07, 6.45) is 3.20. The molecule has 2 aromatic carbocycles. The Bertz CT molecular complexity index is 1510. The van der Waals surface area contributed by atoms with Gasteiger partial charge in [-0.15, -0.1) is 0 Å². The Balaban J connectivity index is 1.39. The number of nitrogens with two attached hydrogens (primary N) is 1. The van der Waals surface area contributed by atoms with Gasteiger partial charge in [0.05, 0.1) is 5.39 Å². The van der Waals surface area contributed by atoms with Crippen LogP contribution in [0.4, 0.5) is 16.3 Å². The fourth-order valence-corrected chi connectivity index (χ4v) is 4.96. The molecular weight excluding hydrogens is 522 g/mol. The lowest BCUT2D eigenvalue weighted by Crippen LogP contribution is -2.65. The average Bonchev–Trinajstić information content (AvgIpc) is 3.45. The second-order valence-corrected chi connectivity index (χ2v) is 11.1. The number of fused-ring (bicyclic) bond motifs is 1. The first kappa shape index (κ1) is 27.9. The van der Waals surface area contributed by atoms with Crippen molar-refractivity contribution in [1.82, 2.24) is 20.3 Å². The summed E-state index contributed by atoms with van der Waals surface area (Å²) in [7, 11) is 0. The zero-order valence-corrected chi connectivity index (χ0v) is 23.5. The van der Waals surface area contributed by atoms with E-state index in [1.165, 1.54) is 6.33 Å². The average molecular weight is 558 g/mol. The van der Waals surface area contributed by atoms with E-state index in [9.17, 15) is 9.59 Å². The fourth-order valence-electron chi connectivity index (χ4n) is 4.96. The van der Waals surface area contributed by atoms with Crippen molar-refractivity contribution < 1.29 is 19.1 Å². The van der Waals surface area contributed by atoms with Gasteiger partial charge in [-0.2, -0.15) is 0 Å². The summed E-state index contributed by atoms with van der Waals surface area (Å²) in [5.74, 6) is 7.26. The number of aromatic nitrogens is 3. The van der Waals surface area contributed by atoms with Crippen LogP contribution in [-0.2, 0) is 16.1 Å². The molecule has 4 aromatic rings. The van der Waals surface area contributed by atoms with Gasteiger partial charge in [-0.25, -0.2) is 25.6 Å². The van der Waals surface area contributed by atoms with Gasteiger partial charge in [0.15, 0.2) is 0 Å². The minimum atomic E-state index is -1.32. The maximum absolute atomic E-state index is 14.2. The van der Waals surface area contributed by atoms with Crippen LogP contribution in [0.1, 0.15) is 39.2 Å². The molecule has 1 aliphatic heterocycles. The Morgan fingerprint density at radius 3 is 2.49 bits per heavy atom. The largest absolute Gasteiger partial charge is 0.487 e. The number of carbonyl (C=O) groups is 2. The first-order valence-electron chi connectivity index (χ1n) is 13.5. The molecule has 0 atom stereocenters. The molecule has 0 bridgehead atoms. The highest BCUT2D eigenvalue weighted by atomic mass is 16.6. The number of ether oxygens (including phenoxy) is 2. The molecule has 0 saturated carbocycles. The number of hydrazine groups is 1. The monoisotopic (exact) mass is 557 g/mol. The Morgan fingerprint density at radius 2 is 1.76 bits per heavy atom. The smallest absolute Gasteiger partial charge is 0.408 e. The van der Waals surface area contributed by atoms with Crippen LogP contribution in [0.25, 0.3) is 11.0 Å². The SMILES string of the molecule is CC(C)(C)OC(=O)NC1(C(=O)N(N)c2ccccc2OCc2ccccc2)CCN(c2ncnc3[nH]ccc23)CC1. The lowest BCUT2D eigenvalue weighted by Gasteiger charge is -2.43. The van der Waals surface area contributed by atoms with E-state index in [4.69, 9.17) is 15.3 Å². The predicted octanol–water partition coefficient (Wildman–Crippen LogP) is 4.31. The molecule has 2 aromatic heterocycles. The number of piperidine rings is 1. The van der Waals surface area contributed by atoms with Crippen LogP contribution in [0.2, 0.25) is 0 Å². The van der Waals surface area contributed by atoms with E-state index in [0.29, 0.717) is 31.1 Å². The number of hydrogen-bond donors (Lipinski definition) is 3.